The lowest BCUT2D eigenvalue weighted by Gasteiger charge is -2.05. The smallest absolute Gasteiger partial charge is 0.0946 e. The first-order chi connectivity index (χ1) is 8.25. The van der Waals surface area contributed by atoms with Gasteiger partial charge in [-0.05, 0) is 23.8 Å². The summed E-state index contributed by atoms with van der Waals surface area (Å²) in [7, 11) is 0. The van der Waals surface area contributed by atoms with E-state index in [1.165, 1.54) is 5.56 Å². The Balaban J connectivity index is 1.80. The molecule has 0 atom stereocenters. The van der Waals surface area contributed by atoms with Crippen molar-refractivity contribution in [1.82, 2.24) is 9.55 Å². The number of aryl methyl sites for hydroxylation is 1. The highest BCUT2D eigenvalue weighted by Gasteiger charge is 2.01. The summed E-state index contributed by atoms with van der Waals surface area (Å²) < 4.78 is 3.15. The minimum Gasteiger partial charge on any atom is -0.337 e. The largest absolute Gasteiger partial charge is 0.337 e. The summed E-state index contributed by atoms with van der Waals surface area (Å²) in [6, 6.07) is 5.96. The first kappa shape index (κ1) is 13.0. The van der Waals surface area contributed by atoms with Crippen LogP contribution in [0.15, 0.2) is 41.4 Å². The van der Waals surface area contributed by atoms with Crippen molar-refractivity contribution in [2.45, 2.75) is 12.3 Å². The number of aromatic nitrogens is 2. The Morgan fingerprint density at radius 1 is 1.41 bits per heavy atom. The third kappa shape index (κ3) is 4.05. The fourth-order valence-electron chi connectivity index (χ4n) is 1.43. The van der Waals surface area contributed by atoms with Gasteiger partial charge in [0.25, 0.3) is 0 Å². The average molecular weight is 332 g/mol. The number of halogens is 2. The Kier molecular flexibility index (Phi) is 4.95. The van der Waals surface area contributed by atoms with Gasteiger partial charge in [0, 0.05) is 39.9 Å². The molecule has 1 aromatic carbocycles. The van der Waals surface area contributed by atoms with Crippen molar-refractivity contribution in [2.75, 3.05) is 5.75 Å². The second kappa shape index (κ2) is 6.47. The molecule has 0 N–H and O–H groups in total. The topological polar surface area (TPSA) is 17.8 Å². The molecule has 17 heavy (non-hydrogen) atoms. The van der Waals surface area contributed by atoms with Gasteiger partial charge in [0.05, 0.1) is 6.33 Å². The van der Waals surface area contributed by atoms with E-state index < -0.39 is 0 Å². The van der Waals surface area contributed by atoms with Crippen LogP contribution in [0.2, 0.25) is 5.02 Å². The predicted molar refractivity (Wildman–Crippen MR) is 77.5 cm³/mol. The number of hydrogen-bond donors (Lipinski definition) is 0. The Morgan fingerprint density at radius 2 is 2.29 bits per heavy atom. The zero-order chi connectivity index (χ0) is 12.1. The van der Waals surface area contributed by atoms with Crippen molar-refractivity contribution in [3.05, 3.63) is 52.0 Å². The van der Waals surface area contributed by atoms with E-state index in [0.717, 1.165) is 27.5 Å². The summed E-state index contributed by atoms with van der Waals surface area (Å²) in [4.78, 5) is 4.01. The molecule has 5 heteroatoms. The van der Waals surface area contributed by atoms with E-state index in [2.05, 4.69) is 31.5 Å². The van der Waals surface area contributed by atoms with Gasteiger partial charge in [-0.2, -0.15) is 11.8 Å². The molecule has 1 heterocycles. The molecule has 0 aliphatic heterocycles. The fraction of sp³-hybridized carbons (Fsp3) is 0.250. The van der Waals surface area contributed by atoms with Gasteiger partial charge in [-0.25, -0.2) is 4.98 Å². The zero-order valence-electron chi connectivity index (χ0n) is 9.14. The molecule has 0 bridgehead atoms. The van der Waals surface area contributed by atoms with E-state index >= 15 is 0 Å². The third-order valence-electron chi connectivity index (χ3n) is 2.32. The molecule has 0 spiro atoms. The van der Waals surface area contributed by atoms with Crippen LogP contribution in [0.1, 0.15) is 5.56 Å². The fourth-order valence-corrected chi connectivity index (χ4v) is 3.04. The predicted octanol–water partition coefficient (Wildman–Crippen LogP) is 4.23. The summed E-state index contributed by atoms with van der Waals surface area (Å²) in [6.45, 7) is 0.982. The lowest BCUT2D eigenvalue weighted by Crippen LogP contribution is -1.97. The Labute approximate surface area is 119 Å². The quantitative estimate of drug-likeness (QED) is 0.763. The van der Waals surface area contributed by atoms with Gasteiger partial charge in [-0.1, -0.05) is 27.5 Å². The van der Waals surface area contributed by atoms with Crippen LogP contribution < -0.4 is 0 Å². The molecule has 1 aromatic heterocycles. The number of thioether (sulfide) groups is 1. The van der Waals surface area contributed by atoms with E-state index in [9.17, 15) is 0 Å². The van der Waals surface area contributed by atoms with Crippen molar-refractivity contribution >= 4 is 39.3 Å². The Morgan fingerprint density at radius 3 is 3.06 bits per heavy atom. The van der Waals surface area contributed by atoms with Crippen LogP contribution in [0, 0.1) is 0 Å². The lowest BCUT2D eigenvalue weighted by molar-refractivity contribution is 0.770. The molecule has 2 nitrogen and oxygen atoms in total. The standard InChI is InChI=1S/C12H12BrClN2S/c13-11-1-2-12(14)10(7-11)8-17-6-5-16-4-3-15-9-16/h1-4,7,9H,5-6,8H2. The van der Waals surface area contributed by atoms with Crippen molar-refractivity contribution in [2.24, 2.45) is 0 Å². The summed E-state index contributed by atoms with van der Waals surface area (Å²) in [5, 5.41) is 0.836. The van der Waals surface area contributed by atoms with Crippen LogP contribution >= 0.6 is 39.3 Å². The molecule has 0 saturated carbocycles. The number of imidazole rings is 1. The maximum absolute atomic E-state index is 6.13. The number of rotatable bonds is 5. The van der Waals surface area contributed by atoms with Crippen LogP contribution in [0.25, 0.3) is 0 Å². The van der Waals surface area contributed by atoms with E-state index in [4.69, 9.17) is 11.6 Å². The average Bonchev–Trinajstić information content (AvgIpc) is 2.82. The van der Waals surface area contributed by atoms with Gasteiger partial charge < -0.3 is 4.57 Å². The maximum Gasteiger partial charge on any atom is 0.0946 e. The molecule has 0 saturated heterocycles. The van der Waals surface area contributed by atoms with Crippen LogP contribution in [-0.2, 0) is 12.3 Å². The summed E-state index contributed by atoms with van der Waals surface area (Å²) >= 11 is 11.5. The Hall–Kier alpha value is -0.450. The Bertz CT molecular complexity index is 473. The van der Waals surface area contributed by atoms with Crippen LogP contribution in [-0.4, -0.2) is 15.3 Å². The molecule has 0 amide bonds. The molecule has 90 valence electrons. The molecule has 2 rings (SSSR count). The van der Waals surface area contributed by atoms with Gasteiger partial charge in [0.15, 0.2) is 0 Å². The maximum atomic E-state index is 6.13. The first-order valence-corrected chi connectivity index (χ1v) is 7.55. The number of nitrogens with zero attached hydrogens (tertiary/aromatic N) is 2. The summed E-state index contributed by atoms with van der Waals surface area (Å²) in [6.07, 6.45) is 5.62. The van der Waals surface area contributed by atoms with Crippen molar-refractivity contribution in [3.63, 3.8) is 0 Å². The lowest BCUT2D eigenvalue weighted by atomic mass is 10.2. The van der Waals surface area contributed by atoms with Crippen molar-refractivity contribution in [3.8, 4) is 0 Å². The van der Waals surface area contributed by atoms with Gasteiger partial charge in [-0.15, -0.1) is 0 Å². The van der Waals surface area contributed by atoms with Gasteiger partial charge in [0.1, 0.15) is 0 Å². The SMILES string of the molecule is Clc1ccc(Br)cc1CSCCn1ccnc1. The molecular weight excluding hydrogens is 320 g/mol. The number of hydrogen-bond acceptors (Lipinski definition) is 2. The monoisotopic (exact) mass is 330 g/mol. The molecule has 0 radical (unpaired) electrons. The molecule has 0 aliphatic rings. The molecule has 0 unspecified atom stereocenters. The molecular formula is C12H12BrClN2S. The van der Waals surface area contributed by atoms with Crippen LogP contribution in [0.3, 0.4) is 0 Å². The second-order valence-corrected chi connectivity index (χ2v) is 6.02. The van der Waals surface area contributed by atoms with Crippen LogP contribution in [0.5, 0.6) is 0 Å². The van der Waals surface area contributed by atoms with E-state index in [1.807, 2.05) is 36.4 Å². The molecule has 0 aliphatic carbocycles. The number of benzene rings is 1. The highest BCUT2D eigenvalue weighted by molar-refractivity contribution is 9.10. The van der Waals surface area contributed by atoms with Gasteiger partial charge >= 0.3 is 0 Å². The minimum atomic E-state index is 0.836. The summed E-state index contributed by atoms with van der Waals surface area (Å²) in [5.41, 5.74) is 1.18. The highest BCUT2D eigenvalue weighted by Crippen LogP contribution is 2.24. The van der Waals surface area contributed by atoms with Crippen LogP contribution in [0.4, 0.5) is 0 Å². The molecule has 0 fully saturated rings. The minimum absolute atomic E-state index is 0.836. The van der Waals surface area contributed by atoms with Crippen molar-refractivity contribution in [1.29, 1.82) is 0 Å². The zero-order valence-corrected chi connectivity index (χ0v) is 12.3. The van der Waals surface area contributed by atoms with E-state index in [0.29, 0.717) is 0 Å². The highest BCUT2D eigenvalue weighted by atomic mass is 79.9. The first-order valence-electron chi connectivity index (χ1n) is 5.23. The normalized spacial score (nSPS) is 10.7. The second-order valence-electron chi connectivity index (χ2n) is 3.59. The van der Waals surface area contributed by atoms with Gasteiger partial charge in [-0.3, -0.25) is 0 Å². The van der Waals surface area contributed by atoms with E-state index in [1.54, 1.807) is 6.20 Å². The van der Waals surface area contributed by atoms with E-state index in [-0.39, 0.29) is 0 Å². The molecule has 2 aromatic rings. The van der Waals surface area contributed by atoms with Gasteiger partial charge in [0.2, 0.25) is 0 Å². The third-order valence-corrected chi connectivity index (χ3v) is 4.17. The summed E-state index contributed by atoms with van der Waals surface area (Å²) in [5.74, 6) is 1.99. The van der Waals surface area contributed by atoms with Crippen molar-refractivity contribution < 1.29 is 0 Å².